The molecule has 1 amide bonds. The molecule has 222 valence electrons. The summed E-state index contributed by atoms with van der Waals surface area (Å²) in [5.74, 6) is -0.938. The standard InChI is InChI=1S/C29H32BrFN5O5P/c1-18-29(2,3)22-16-27(25(17-26(22)34(18)4)32-28(37)19-5-7-20(31)8-6-19)42(40,35-11-13-41-14-12-35)33-24-10-9-21(36(38)39)15-23(24)30/h5-10,15-18H,11-14H2,1-4H3,(H,32,37)(H,33,40)/t18-,42-/m0/s1. The molecule has 2 heterocycles. The molecule has 0 bridgehead atoms. The molecule has 0 aliphatic carbocycles. The van der Waals surface area contributed by atoms with Gasteiger partial charge in [-0.2, -0.15) is 0 Å². The van der Waals surface area contributed by atoms with E-state index in [-0.39, 0.29) is 22.7 Å². The Bertz CT molecular complexity index is 1600. The highest BCUT2D eigenvalue weighted by molar-refractivity contribution is 9.10. The molecule has 2 atom stereocenters. The minimum Gasteiger partial charge on any atom is -0.379 e. The second kappa shape index (κ2) is 11.4. The normalized spacial score (nSPS) is 19.6. The van der Waals surface area contributed by atoms with Crippen molar-refractivity contribution < 1.29 is 23.4 Å². The molecule has 3 aromatic carbocycles. The number of halogens is 2. The number of anilines is 3. The van der Waals surface area contributed by atoms with Gasteiger partial charge in [-0.15, -0.1) is 0 Å². The van der Waals surface area contributed by atoms with E-state index < -0.39 is 24.1 Å². The third-order valence-electron chi connectivity index (χ3n) is 8.32. The SMILES string of the molecule is C[C@@H]1N(C)c2cc(NC(=O)c3ccc(F)cc3)c([P@](=O)(Nc3ccc([N+](=O)[O-])cc3Br)N3CCOCC3)cc2C1(C)C. The Hall–Kier alpha value is -3.31. The van der Waals surface area contributed by atoms with Crippen LogP contribution in [0.3, 0.4) is 0 Å². The van der Waals surface area contributed by atoms with Gasteiger partial charge < -0.3 is 20.0 Å². The Balaban J connectivity index is 1.69. The Kier molecular flexibility index (Phi) is 8.19. The van der Waals surface area contributed by atoms with Gasteiger partial charge in [0.25, 0.3) is 19.0 Å². The largest absolute Gasteiger partial charge is 0.379 e. The number of hydrogen-bond donors (Lipinski definition) is 2. The summed E-state index contributed by atoms with van der Waals surface area (Å²) in [5, 5.41) is 17.9. The quantitative estimate of drug-likeness (QED) is 0.177. The number of non-ortho nitro benzene ring substituents is 1. The van der Waals surface area contributed by atoms with Crippen molar-refractivity contribution in [3.05, 3.63) is 86.1 Å². The predicted octanol–water partition coefficient (Wildman–Crippen LogP) is 6.13. The van der Waals surface area contributed by atoms with Crippen LogP contribution in [0.25, 0.3) is 0 Å². The fraction of sp³-hybridized carbons (Fsp3) is 0.345. The summed E-state index contributed by atoms with van der Waals surface area (Å²) < 4.78 is 36.8. The van der Waals surface area contributed by atoms with E-state index in [0.717, 1.165) is 11.3 Å². The van der Waals surface area contributed by atoms with Crippen LogP contribution in [0.5, 0.6) is 0 Å². The van der Waals surface area contributed by atoms with Crippen molar-refractivity contribution in [2.45, 2.75) is 32.2 Å². The summed E-state index contributed by atoms with van der Waals surface area (Å²) in [6, 6.07) is 13.3. The molecule has 0 spiro atoms. The number of nitro benzene ring substituents is 1. The number of carbonyl (C=O) groups excluding carboxylic acids is 1. The van der Waals surface area contributed by atoms with Crippen molar-refractivity contribution in [1.29, 1.82) is 0 Å². The first-order valence-electron chi connectivity index (χ1n) is 13.5. The van der Waals surface area contributed by atoms with E-state index in [4.69, 9.17) is 4.74 Å². The van der Waals surface area contributed by atoms with E-state index in [9.17, 15) is 19.3 Å². The molecule has 13 heteroatoms. The number of carbonyl (C=O) groups is 1. The predicted molar refractivity (Wildman–Crippen MR) is 166 cm³/mol. The van der Waals surface area contributed by atoms with Gasteiger partial charge in [0.1, 0.15) is 5.82 Å². The second-order valence-electron chi connectivity index (χ2n) is 11.0. The number of rotatable bonds is 7. The molecule has 0 aromatic heterocycles. The maximum absolute atomic E-state index is 15.5. The molecule has 42 heavy (non-hydrogen) atoms. The second-order valence-corrected chi connectivity index (χ2v) is 14.3. The number of amides is 1. The minimum absolute atomic E-state index is 0.114. The molecule has 2 aliphatic heterocycles. The van der Waals surface area contributed by atoms with E-state index in [1.165, 1.54) is 42.5 Å². The fourth-order valence-electron chi connectivity index (χ4n) is 5.44. The summed E-state index contributed by atoms with van der Waals surface area (Å²) in [5.41, 5.74) is 2.45. The molecule has 0 saturated carbocycles. The van der Waals surface area contributed by atoms with Gasteiger partial charge in [0.05, 0.1) is 34.8 Å². The smallest absolute Gasteiger partial charge is 0.270 e. The lowest BCUT2D eigenvalue weighted by Crippen LogP contribution is -2.40. The molecule has 1 saturated heterocycles. The lowest BCUT2D eigenvalue weighted by molar-refractivity contribution is -0.384. The summed E-state index contributed by atoms with van der Waals surface area (Å²) in [4.78, 5) is 26.4. The van der Waals surface area contributed by atoms with Crippen molar-refractivity contribution >= 4 is 57.3 Å². The van der Waals surface area contributed by atoms with Gasteiger partial charge in [0, 0.05) is 59.5 Å². The van der Waals surface area contributed by atoms with E-state index in [2.05, 4.69) is 52.0 Å². The molecule has 2 aliphatic rings. The third kappa shape index (κ3) is 5.44. The number of morpholine rings is 1. The highest BCUT2D eigenvalue weighted by Crippen LogP contribution is 2.54. The van der Waals surface area contributed by atoms with Crippen molar-refractivity contribution in [1.82, 2.24) is 4.67 Å². The number of nitrogens with zero attached hydrogens (tertiary/aromatic N) is 3. The number of ether oxygens (including phenoxy) is 1. The number of hydrogen-bond acceptors (Lipinski definition) is 6. The average molecular weight is 660 g/mol. The first kappa shape index (κ1) is 30.2. The third-order valence-corrected chi connectivity index (χ3v) is 11.7. The zero-order valence-electron chi connectivity index (χ0n) is 23.7. The zero-order chi connectivity index (χ0) is 30.4. The first-order valence-corrected chi connectivity index (χ1v) is 15.9. The Labute approximate surface area is 252 Å². The van der Waals surface area contributed by atoms with Crippen molar-refractivity contribution in [2.24, 2.45) is 0 Å². The van der Waals surface area contributed by atoms with Crippen LogP contribution in [0, 0.1) is 15.9 Å². The van der Waals surface area contributed by atoms with Crippen LogP contribution in [0.15, 0.2) is 59.1 Å². The molecule has 0 radical (unpaired) electrons. The summed E-state index contributed by atoms with van der Waals surface area (Å²) in [6.07, 6.45) is 0. The monoisotopic (exact) mass is 659 g/mol. The highest BCUT2D eigenvalue weighted by atomic mass is 79.9. The van der Waals surface area contributed by atoms with Crippen molar-refractivity contribution in [3.63, 3.8) is 0 Å². The van der Waals surface area contributed by atoms with Crippen molar-refractivity contribution in [3.8, 4) is 0 Å². The number of benzene rings is 3. The number of nitro groups is 1. The van der Waals surface area contributed by atoms with Crippen LogP contribution >= 0.6 is 23.4 Å². The molecular formula is C29H32BrFN5O5P. The van der Waals surface area contributed by atoms with Gasteiger partial charge in [-0.05, 0) is 70.9 Å². The van der Waals surface area contributed by atoms with Gasteiger partial charge in [0.2, 0.25) is 0 Å². The zero-order valence-corrected chi connectivity index (χ0v) is 26.2. The molecule has 2 N–H and O–H groups in total. The number of nitrogens with one attached hydrogen (secondary N) is 2. The topological polar surface area (TPSA) is 117 Å². The fourth-order valence-corrected chi connectivity index (χ4v) is 8.62. The summed E-state index contributed by atoms with van der Waals surface area (Å²) in [6.45, 7) is 7.81. The van der Waals surface area contributed by atoms with Gasteiger partial charge in [0.15, 0.2) is 0 Å². The molecule has 3 aromatic rings. The van der Waals surface area contributed by atoms with E-state index in [0.29, 0.717) is 47.5 Å². The first-order chi connectivity index (χ1) is 19.8. The van der Waals surface area contributed by atoms with Crippen LogP contribution in [0.2, 0.25) is 0 Å². The van der Waals surface area contributed by atoms with Gasteiger partial charge in [-0.1, -0.05) is 13.8 Å². The molecular weight excluding hydrogens is 628 g/mol. The van der Waals surface area contributed by atoms with Gasteiger partial charge in [-0.25, -0.2) is 9.06 Å². The van der Waals surface area contributed by atoms with Crippen molar-refractivity contribution in [2.75, 3.05) is 48.7 Å². The lowest BCUT2D eigenvalue weighted by atomic mass is 9.81. The van der Waals surface area contributed by atoms with Crippen LogP contribution < -0.4 is 20.6 Å². The number of fused-ring (bicyclic) bond motifs is 1. The number of likely N-dealkylation sites (N-methyl/N-ethyl adjacent to an activating group) is 1. The van der Waals surface area contributed by atoms with E-state index >= 15 is 4.57 Å². The Morgan fingerprint density at radius 3 is 2.40 bits per heavy atom. The Morgan fingerprint density at radius 2 is 1.79 bits per heavy atom. The minimum atomic E-state index is -3.75. The van der Waals surface area contributed by atoms with E-state index in [1.54, 1.807) is 0 Å². The van der Waals surface area contributed by atoms with Crippen LogP contribution in [0.4, 0.5) is 27.1 Å². The van der Waals surface area contributed by atoms with E-state index in [1.807, 2.05) is 23.9 Å². The molecule has 5 rings (SSSR count). The summed E-state index contributed by atoms with van der Waals surface area (Å²) in [7, 11) is -1.76. The maximum atomic E-state index is 15.5. The van der Waals surface area contributed by atoms with Crippen LogP contribution in [-0.2, 0) is 14.7 Å². The maximum Gasteiger partial charge on any atom is 0.270 e. The van der Waals surface area contributed by atoms with Gasteiger partial charge >= 0.3 is 0 Å². The molecule has 1 fully saturated rings. The van der Waals surface area contributed by atoms with Gasteiger partial charge in [-0.3, -0.25) is 19.5 Å². The highest BCUT2D eigenvalue weighted by Gasteiger charge is 2.44. The molecule has 10 nitrogen and oxygen atoms in total. The lowest BCUT2D eigenvalue weighted by Gasteiger charge is -2.37. The van der Waals surface area contributed by atoms with Crippen LogP contribution in [-0.4, -0.2) is 54.9 Å². The summed E-state index contributed by atoms with van der Waals surface area (Å²) >= 11 is 3.41. The molecule has 0 unspecified atom stereocenters. The Morgan fingerprint density at radius 1 is 1.12 bits per heavy atom. The van der Waals surface area contributed by atoms with Crippen LogP contribution in [0.1, 0.15) is 36.7 Å². The average Bonchev–Trinajstić information content (AvgIpc) is 3.13.